The van der Waals surface area contributed by atoms with Gasteiger partial charge in [-0.1, -0.05) is 48.0 Å². The molecule has 0 bridgehead atoms. The third-order valence-electron chi connectivity index (χ3n) is 3.82. The minimum absolute atomic E-state index is 0.167. The summed E-state index contributed by atoms with van der Waals surface area (Å²) in [6, 6.07) is 15.6. The molecule has 1 aliphatic rings. The van der Waals surface area contributed by atoms with Crippen molar-refractivity contribution >= 4 is 34.7 Å². The van der Waals surface area contributed by atoms with Crippen LogP contribution in [0.25, 0.3) is 6.08 Å². The van der Waals surface area contributed by atoms with Gasteiger partial charge in [-0.2, -0.15) is 0 Å². The summed E-state index contributed by atoms with van der Waals surface area (Å²) in [6.07, 6.45) is 1.76. The number of nitrogens with one attached hydrogen (secondary N) is 1. The molecule has 2 amide bonds. The van der Waals surface area contributed by atoms with Crippen LogP contribution >= 0.6 is 11.8 Å². The Morgan fingerprint density at radius 2 is 1.75 bits per heavy atom. The second kappa shape index (κ2) is 6.93. The first-order valence-electron chi connectivity index (χ1n) is 7.66. The van der Waals surface area contributed by atoms with Crippen LogP contribution in [0.3, 0.4) is 0 Å². The van der Waals surface area contributed by atoms with Crippen LogP contribution < -0.4 is 5.32 Å². The molecule has 4 nitrogen and oxygen atoms in total. The minimum Gasteiger partial charge on any atom is -0.367 e. The average Bonchev–Trinajstić information content (AvgIpc) is 2.83. The first-order valence-corrected chi connectivity index (χ1v) is 8.48. The van der Waals surface area contributed by atoms with Crippen molar-refractivity contribution in [1.29, 1.82) is 0 Å². The summed E-state index contributed by atoms with van der Waals surface area (Å²) >= 11 is 0.979. The molecule has 2 aromatic carbocycles. The fourth-order valence-corrected chi connectivity index (χ4v) is 3.22. The second-order valence-electron chi connectivity index (χ2n) is 5.67. The van der Waals surface area contributed by atoms with Crippen LogP contribution in [-0.2, 0) is 4.79 Å². The Bertz CT molecular complexity index is 812. The van der Waals surface area contributed by atoms with E-state index >= 15 is 0 Å². The normalized spacial score (nSPS) is 16.1. The molecule has 122 valence electrons. The number of hydrogen-bond acceptors (Lipinski definition) is 4. The number of para-hydroxylation sites is 1. The molecule has 0 spiro atoms. The Labute approximate surface area is 145 Å². The highest BCUT2D eigenvalue weighted by Gasteiger charge is 2.34. The summed E-state index contributed by atoms with van der Waals surface area (Å²) in [7, 11) is 0. The van der Waals surface area contributed by atoms with Gasteiger partial charge in [0.1, 0.15) is 0 Å². The van der Waals surface area contributed by atoms with E-state index in [1.54, 1.807) is 6.08 Å². The van der Waals surface area contributed by atoms with E-state index in [1.807, 2.05) is 62.4 Å². The minimum atomic E-state index is -0.258. The summed E-state index contributed by atoms with van der Waals surface area (Å²) in [5.74, 6) is -0.258. The number of amides is 2. The Morgan fingerprint density at radius 1 is 1.04 bits per heavy atom. The zero-order valence-corrected chi connectivity index (χ0v) is 14.4. The first-order chi connectivity index (χ1) is 11.5. The molecule has 0 aromatic heterocycles. The third-order valence-corrected chi connectivity index (χ3v) is 4.73. The van der Waals surface area contributed by atoms with Gasteiger partial charge >= 0.3 is 0 Å². The van der Waals surface area contributed by atoms with Crippen LogP contribution in [0.5, 0.6) is 0 Å². The summed E-state index contributed by atoms with van der Waals surface area (Å²) < 4.78 is 0. The standard InChI is InChI=1S/C19H18N2O2S/c1-13-7-9-15(10-8-13)11-17-18(22)21(19(23)24-17)12-20-16-6-4-3-5-14(16)2/h3-11,20H,12H2,1-2H3/b17-11-. The van der Waals surface area contributed by atoms with Crippen molar-refractivity contribution in [2.45, 2.75) is 13.8 Å². The van der Waals surface area contributed by atoms with Crippen LogP contribution in [0.2, 0.25) is 0 Å². The van der Waals surface area contributed by atoms with Gasteiger partial charge in [-0.05, 0) is 48.9 Å². The Balaban J connectivity index is 1.72. The summed E-state index contributed by atoms with van der Waals surface area (Å²) in [5.41, 5.74) is 4.05. The monoisotopic (exact) mass is 338 g/mol. The number of rotatable bonds is 4. The molecule has 0 unspecified atom stereocenters. The number of thioether (sulfide) groups is 1. The van der Waals surface area contributed by atoms with Gasteiger partial charge in [-0.3, -0.25) is 14.5 Å². The van der Waals surface area contributed by atoms with Gasteiger partial charge in [-0.25, -0.2) is 0 Å². The molecule has 0 saturated carbocycles. The number of carbonyl (C=O) groups is 2. The largest absolute Gasteiger partial charge is 0.367 e. The van der Waals surface area contributed by atoms with Gasteiger partial charge < -0.3 is 5.32 Å². The Morgan fingerprint density at radius 3 is 2.46 bits per heavy atom. The lowest BCUT2D eigenvalue weighted by atomic mass is 10.1. The second-order valence-corrected chi connectivity index (χ2v) is 6.66. The van der Waals surface area contributed by atoms with Crippen LogP contribution in [-0.4, -0.2) is 22.7 Å². The number of aryl methyl sites for hydroxylation is 2. The molecule has 0 atom stereocenters. The van der Waals surface area contributed by atoms with Crippen molar-refractivity contribution in [3.05, 3.63) is 70.1 Å². The zero-order valence-electron chi connectivity index (χ0n) is 13.6. The van der Waals surface area contributed by atoms with Crippen molar-refractivity contribution < 1.29 is 9.59 Å². The van der Waals surface area contributed by atoms with Gasteiger partial charge in [-0.15, -0.1) is 0 Å². The van der Waals surface area contributed by atoms with E-state index in [4.69, 9.17) is 0 Å². The van der Waals surface area contributed by atoms with E-state index in [-0.39, 0.29) is 17.8 Å². The van der Waals surface area contributed by atoms with Gasteiger partial charge in [0.15, 0.2) is 0 Å². The van der Waals surface area contributed by atoms with E-state index < -0.39 is 0 Å². The summed E-state index contributed by atoms with van der Waals surface area (Å²) in [5, 5.41) is 2.90. The fraction of sp³-hybridized carbons (Fsp3) is 0.158. The lowest BCUT2D eigenvalue weighted by Crippen LogP contribution is -2.33. The number of benzene rings is 2. The molecule has 5 heteroatoms. The van der Waals surface area contributed by atoms with E-state index in [0.717, 1.165) is 34.1 Å². The van der Waals surface area contributed by atoms with Crippen LogP contribution in [0.15, 0.2) is 53.4 Å². The van der Waals surface area contributed by atoms with Crippen LogP contribution in [0, 0.1) is 13.8 Å². The van der Waals surface area contributed by atoms with Crippen LogP contribution in [0.4, 0.5) is 10.5 Å². The van der Waals surface area contributed by atoms with Crippen molar-refractivity contribution in [1.82, 2.24) is 4.90 Å². The quantitative estimate of drug-likeness (QED) is 0.839. The topological polar surface area (TPSA) is 49.4 Å². The van der Waals surface area contributed by atoms with E-state index in [0.29, 0.717) is 4.91 Å². The molecular formula is C19H18N2O2S. The number of anilines is 1. The molecule has 0 radical (unpaired) electrons. The van der Waals surface area contributed by atoms with Gasteiger partial charge in [0.2, 0.25) is 0 Å². The maximum atomic E-state index is 12.5. The predicted octanol–water partition coefficient (Wildman–Crippen LogP) is 4.41. The van der Waals surface area contributed by atoms with E-state index in [2.05, 4.69) is 5.32 Å². The van der Waals surface area contributed by atoms with Gasteiger partial charge in [0.05, 0.1) is 11.6 Å². The van der Waals surface area contributed by atoms with Gasteiger partial charge in [0.25, 0.3) is 11.1 Å². The number of hydrogen-bond donors (Lipinski definition) is 1. The Kier molecular flexibility index (Phi) is 4.71. The molecule has 0 aliphatic carbocycles. The molecule has 3 rings (SSSR count). The molecule has 1 heterocycles. The van der Waals surface area contributed by atoms with Crippen molar-refractivity contribution in [3.63, 3.8) is 0 Å². The van der Waals surface area contributed by atoms with Gasteiger partial charge in [0, 0.05) is 5.69 Å². The van der Waals surface area contributed by atoms with E-state index in [9.17, 15) is 9.59 Å². The molecule has 1 aliphatic heterocycles. The van der Waals surface area contributed by atoms with Crippen molar-refractivity contribution in [2.75, 3.05) is 12.0 Å². The van der Waals surface area contributed by atoms with Crippen molar-refractivity contribution in [2.24, 2.45) is 0 Å². The zero-order chi connectivity index (χ0) is 17.1. The maximum absolute atomic E-state index is 12.5. The third kappa shape index (κ3) is 3.51. The maximum Gasteiger partial charge on any atom is 0.295 e. The molecule has 2 aromatic rings. The highest BCUT2D eigenvalue weighted by atomic mass is 32.2. The summed E-state index contributed by atoms with van der Waals surface area (Å²) in [6.45, 7) is 4.16. The predicted molar refractivity (Wildman–Crippen MR) is 98.7 cm³/mol. The number of nitrogens with zero attached hydrogens (tertiary/aromatic N) is 1. The molecular weight excluding hydrogens is 320 g/mol. The molecule has 24 heavy (non-hydrogen) atoms. The Hall–Kier alpha value is -2.53. The lowest BCUT2D eigenvalue weighted by Gasteiger charge is -2.15. The number of imide groups is 1. The fourth-order valence-electron chi connectivity index (χ4n) is 2.39. The molecule has 1 N–H and O–H groups in total. The molecule has 1 fully saturated rings. The first kappa shape index (κ1) is 16.3. The van der Waals surface area contributed by atoms with Crippen molar-refractivity contribution in [3.8, 4) is 0 Å². The highest BCUT2D eigenvalue weighted by molar-refractivity contribution is 8.18. The van der Waals surface area contributed by atoms with Crippen LogP contribution in [0.1, 0.15) is 16.7 Å². The smallest absolute Gasteiger partial charge is 0.295 e. The average molecular weight is 338 g/mol. The summed E-state index contributed by atoms with van der Waals surface area (Å²) in [4.78, 5) is 26.3. The number of carbonyl (C=O) groups excluding carboxylic acids is 2. The van der Waals surface area contributed by atoms with E-state index in [1.165, 1.54) is 4.90 Å². The molecule has 1 saturated heterocycles. The SMILES string of the molecule is Cc1ccc(/C=C2\SC(=O)N(CNc3ccccc3C)C2=O)cc1. The lowest BCUT2D eigenvalue weighted by molar-refractivity contribution is -0.122. The highest BCUT2D eigenvalue weighted by Crippen LogP contribution is 2.32.